The Labute approximate surface area is 137 Å². The van der Waals surface area contributed by atoms with Crippen molar-refractivity contribution >= 4 is 15.1 Å². The van der Waals surface area contributed by atoms with Crippen molar-refractivity contribution in [3.8, 4) is 0 Å². The molecule has 0 aromatic heterocycles. The summed E-state index contributed by atoms with van der Waals surface area (Å²) in [5, 5.41) is 30.1. The van der Waals surface area contributed by atoms with Crippen LogP contribution in [0.4, 0.5) is 0 Å². The molecule has 0 spiro atoms. The van der Waals surface area contributed by atoms with E-state index in [-0.39, 0.29) is 96.2 Å². The van der Waals surface area contributed by atoms with Crippen LogP contribution in [0.25, 0.3) is 0 Å². The second-order valence-corrected chi connectivity index (χ2v) is 3.59. The van der Waals surface area contributed by atoms with Crippen LogP contribution < -0.4 is 71.9 Å². The van der Waals surface area contributed by atoms with E-state index in [0.29, 0.717) is 0 Å². The van der Waals surface area contributed by atoms with E-state index in [9.17, 15) is 15.3 Å². The van der Waals surface area contributed by atoms with Crippen molar-refractivity contribution < 1.29 is 83.3 Å². The average Bonchev–Trinajstić information content (AvgIpc) is 2.17. The molecule has 78 valence electrons. The first-order valence-electron chi connectivity index (χ1n) is 3.94. The Morgan fingerprint density at radius 3 is 1.06 bits per heavy atom. The van der Waals surface area contributed by atoms with E-state index < -0.39 is 15.1 Å². The fourth-order valence-electron chi connectivity index (χ4n) is 0.577. The summed E-state index contributed by atoms with van der Waals surface area (Å²) in [6.45, 7) is -1.17. The van der Waals surface area contributed by atoms with Crippen LogP contribution in [0.15, 0.2) is 0 Å². The van der Waals surface area contributed by atoms with Crippen molar-refractivity contribution in [2.24, 2.45) is 0 Å². The van der Waals surface area contributed by atoms with Crippen molar-refractivity contribution in [2.45, 2.75) is 0 Å². The Balaban J connectivity index is -0.000000240. The van der Waals surface area contributed by atoms with Gasteiger partial charge in [0.05, 0.1) is 0 Å². The molecule has 0 N–H and O–H groups in total. The number of hydrogen-bond acceptors (Lipinski definition) is 6. The van der Waals surface area contributed by atoms with Crippen LogP contribution in [0, 0.1) is 0 Å². The predicted molar refractivity (Wildman–Crippen MR) is 38.2 cm³/mol. The molecule has 0 aliphatic carbocycles. The van der Waals surface area contributed by atoms with Gasteiger partial charge in [-0.15, -0.1) is 19.8 Å². The molecule has 0 rings (SSSR count). The van der Waals surface area contributed by atoms with Crippen LogP contribution in [-0.2, 0) is 11.4 Å². The largest absolute Gasteiger partial charge is 1.00 e. The van der Waals surface area contributed by atoms with Crippen LogP contribution in [-0.4, -0.2) is 54.8 Å². The van der Waals surface area contributed by atoms with Crippen LogP contribution >= 0.6 is 0 Å². The normalized spacial score (nSPS) is 8.44. The fraction of sp³-hybridized carbons (Fsp3) is 1.00. The van der Waals surface area contributed by atoms with Crippen molar-refractivity contribution in [1.29, 1.82) is 0 Å². The topological polar surface area (TPSA) is 96.9 Å². The molecular weight excluding hydrogens is 216 g/mol. The van der Waals surface area contributed by atoms with Crippen molar-refractivity contribution in [3.63, 3.8) is 0 Å². The van der Waals surface area contributed by atoms with E-state index in [2.05, 4.69) is 0 Å². The van der Waals surface area contributed by atoms with Gasteiger partial charge < -0.3 is 26.7 Å². The molecule has 10 heteroatoms. The predicted octanol–water partition coefficient (Wildman–Crippen LogP) is -12.9. The van der Waals surface area contributed by atoms with Gasteiger partial charge in [-0.25, -0.2) is 0 Å². The molecule has 0 saturated heterocycles. The maximum Gasteiger partial charge on any atom is 1.00 e. The van der Waals surface area contributed by atoms with Crippen LogP contribution in [0.2, 0.25) is 0 Å². The van der Waals surface area contributed by atoms with Gasteiger partial charge in [-0.2, -0.15) is 0 Å². The van der Waals surface area contributed by atoms with Gasteiger partial charge in [-0.3, -0.25) is 0 Å². The fourth-order valence-corrected chi connectivity index (χ4v) is 1.73. The van der Waals surface area contributed by atoms with Crippen molar-refractivity contribution in [2.75, 3.05) is 39.6 Å². The molecule has 0 amide bonds. The van der Waals surface area contributed by atoms with E-state index in [1.807, 2.05) is 0 Å². The molecule has 0 saturated carbocycles. The van der Waals surface area contributed by atoms with E-state index in [1.165, 1.54) is 0 Å². The SMILES string of the molecule is [Li+].[Li+].[Li+].[O-]CC[O][Al]([O]CC[O-])[O]CC[O-]. The Morgan fingerprint density at radius 1 is 0.625 bits per heavy atom. The second kappa shape index (κ2) is 22.3. The third-order valence-electron chi connectivity index (χ3n) is 1.01. The van der Waals surface area contributed by atoms with Gasteiger partial charge >= 0.3 is 71.7 Å². The Hall–Kier alpha value is 2.08. The summed E-state index contributed by atoms with van der Waals surface area (Å²) in [7, 11) is 0. The van der Waals surface area contributed by atoms with Gasteiger partial charge in [0.15, 0.2) is 0 Å². The molecule has 0 unspecified atom stereocenters. The van der Waals surface area contributed by atoms with Gasteiger partial charge in [-0.05, 0) is 0 Å². The summed E-state index contributed by atoms with van der Waals surface area (Å²) in [5.41, 5.74) is 0. The molecule has 0 bridgehead atoms. The zero-order valence-corrected chi connectivity index (χ0v) is 11.4. The molecule has 16 heavy (non-hydrogen) atoms. The smallest absolute Gasteiger partial charge is 0.853 e. The maximum absolute atomic E-state index is 10.0. The quantitative estimate of drug-likeness (QED) is 0.363. The minimum Gasteiger partial charge on any atom is -0.853 e. The zero-order valence-electron chi connectivity index (χ0n) is 10.3. The maximum atomic E-state index is 10.0. The van der Waals surface area contributed by atoms with Crippen molar-refractivity contribution in [3.05, 3.63) is 0 Å². The molecule has 0 aliphatic rings. The second-order valence-electron chi connectivity index (χ2n) is 2.01. The summed E-state index contributed by atoms with van der Waals surface area (Å²) in [4.78, 5) is 0. The van der Waals surface area contributed by atoms with Gasteiger partial charge in [0.1, 0.15) is 0 Å². The summed E-state index contributed by atoms with van der Waals surface area (Å²) in [6.07, 6.45) is 0. The standard InChI is InChI=1S/3C2H4O2.Al.3Li/c3*3-1-2-4;;;;/h3*1-2H2;;;;/q3*-2;+3;3*+1. The molecule has 0 radical (unpaired) electrons. The van der Waals surface area contributed by atoms with Crippen molar-refractivity contribution in [1.82, 2.24) is 0 Å². The van der Waals surface area contributed by atoms with Crippen LogP contribution in [0.3, 0.4) is 0 Å². The van der Waals surface area contributed by atoms with Crippen LogP contribution in [0.1, 0.15) is 0 Å². The zero-order chi connectivity index (χ0) is 9.94. The average molecular weight is 228 g/mol. The first kappa shape index (κ1) is 26.6. The van der Waals surface area contributed by atoms with E-state index >= 15 is 0 Å². The first-order chi connectivity index (χ1) is 6.35. The number of rotatable bonds is 9. The minimum absolute atomic E-state index is 0. The van der Waals surface area contributed by atoms with Gasteiger partial charge in [-0.1, -0.05) is 0 Å². The summed E-state index contributed by atoms with van der Waals surface area (Å²) < 4.78 is 14.7. The number of hydrogen-bond donors (Lipinski definition) is 0. The Bertz CT molecular complexity index is 95.2. The summed E-state index contributed by atoms with van der Waals surface area (Å²) in [6, 6.07) is 0. The van der Waals surface area contributed by atoms with Gasteiger partial charge in [0.2, 0.25) is 0 Å². The summed E-state index contributed by atoms with van der Waals surface area (Å²) >= 11 is -2.39. The Morgan fingerprint density at radius 2 is 0.875 bits per heavy atom. The van der Waals surface area contributed by atoms with Gasteiger partial charge in [0.25, 0.3) is 0 Å². The third kappa shape index (κ3) is 18.4. The van der Waals surface area contributed by atoms with E-state index in [1.54, 1.807) is 0 Å². The van der Waals surface area contributed by atoms with Gasteiger partial charge in [0, 0.05) is 19.8 Å². The summed E-state index contributed by atoms with van der Waals surface area (Å²) in [5.74, 6) is 0. The monoisotopic (exact) mass is 228 g/mol. The first-order valence-corrected chi connectivity index (χ1v) is 5.35. The molecular formula is C6H12AlLi3O6. The molecule has 0 aromatic rings. The van der Waals surface area contributed by atoms with E-state index in [4.69, 9.17) is 11.4 Å². The van der Waals surface area contributed by atoms with Crippen LogP contribution in [0.5, 0.6) is 0 Å². The molecule has 0 fully saturated rings. The third-order valence-corrected chi connectivity index (χ3v) is 2.54. The Kier molecular flexibility index (Phi) is 37.1. The molecule has 6 nitrogen and oxygen atoms in total. The molecule has 0 heterocycles. The molecule has 0 aliphatic heterocycles. The molecule has 0 atom stereocenters. The van der Waals surface area contributed by atoms with E-state index in [0.717, 1.165) is 0 Å². The molecule has 0 aromatic carbocycles. The minimum atomic E-state index is -2.39.